The van der Waals surface area contributed by atoms with Crippen molar-refractivity contribution in [3.05, 3.63) is 89.0 Å². The van der Waals surface area contributed by atoms with Gasteiger partial charge >= 0.3 is 0 Å². The molecule has 1 unspecified atom stereocenters. The zero-order valence-electron chi connectivity index (χ0n) is 21.4. The average Bonchev–Trinajstić information content (AvgIpc) is 2.86. The second-order valence-corrected chi connectivity index (χ2v) is 15.9. The smallest absolute Gasteiger partial charge is 0.240 e. The summed E-state index contributed by atoms with van der Waals surface area (Å²) in [5.74, 6) is -0.177. The van der Waals surface area contributed by atoms with Crippen molar-refractivity contribution in [1.29, 1.82) is 0 Å². The maximum atomic E-state index is 14.7. The van der Waals surface area contributed by atoms with Crippen LogP contribution in [0, 0.1) is 20.8 Å². The first-order valence-corrected chi connectivity index (χ1v) is 15.9. The Kier molecular flexibility index (Phi) is 9.26. The Morgan fingerprint density at radius 1 is 0.917 bits per heavy atom. The molecule has 0 heterocycles. The van der Waals surface area contributed by atoms with Crippen LogP contribution in [0.1, 0.15) is 40.9 Å². The monoisotopic (exact) mass is 557 g/mol. The Hall–Kier alpha value is -1.92. The molecule has 0 radical (unpaired) electrons. The molecule has 3 rings (SSSR count). The van der Waals surface area contributed by atoms with Crippen LogP contribution in [0.2, 0.25) is 0 Å². The highest BCUT2D eigenvalue weighted by Crippen LogP contribution is 2.49. The average molecular weight is 558 g/mol. The molecule has 0 saturated heterocycles. The van der Waals surface area contributed by atoms with Crippen LogP contribution in [-0.2, 0) is 9.36 Å². The fourth-order valence-corrected chi connectivity index (χ4v) is 9.31. The number of hydrogen-bond acceptors (Lipinski definition) is 6. The standard InChI is InChI=1S/C28H32NO3PS3/c1-18-17-19(2)24(29-26(31)28(4,5)36-27(34)35-6)20(3)23(18)25(30)33(32,21-13-9-7-10-14-21)22-15-11-8-12-16-22/h7-17,27,34H,1-6H3,(H,29,31). The quantitative estimate of drug-likeness (QED) is 0.172. The van der Waals surface area contributed by atoms with Gasteiger partial charge in [0.15, 0.2) is 0 Å². The summed E-state index contributed by atoms with van der Waals surface area (Å²) >= 11 is 7.53. The highest BCUT2D eigenvalue weighted by Gasteiger charge is 2.39. The van der Waals surface area contributed by atoms with Crippen LogP contribution in [0.5, 0.6) is 0 Å². The minimum Gasteiger partial charge on any atom is -0.324 e. The molecular weight excluding hydrogens is 525 g/mol. The fraction of sp³-hybridized carbons (Fsp3) is 0.286. The molecule has 1 N–H and O–H groups in total. The zero-order valence-corrected chi connectivity index (χ0v) is 24.8. The fourth-order valence-electron chi connectivity index (χ4n) is 4.14. The van der Waals surface area contributed by atoms with E-state index in [9.17, 15) is 14.2 Å². The van der Waals surface area contributed by atoms with Crippen LogP contribution >= 0.6 is 43.3 Å². The summed E-state index contributed by atoms with van der Waals surface area (Å²) < 4.78 is 13.9. The molecule has 1 amide bonds. The van der Waals surface area contributed by atoms with Crippen molar-refractivity contribution in [2.45, 2.75) is 43.3 Å². The lowest BCUT2D eigenvalue weighted by Crippen LogP contribution is -2.35. The Bertz CT molecular complexity index is 1270. The van der Waals surface area contributed by atoms with E-state index in [2.05, 4.69) is 17.9 Å². The molecule has 1 atom stereocenters. The highest BCUT2D eigenvalue weighted by atomic mass is 32.3. The summed E-state index contributed by atoms with van der Waals surface area (Å²) in [5, 5.41) is 4.03. The van der Waals surface area contributed by atoms with Gasteiger partial charge in [0.05, 0.1) is 8.66 Å². The van der Waals surface area contributed by atoms with E-state index in [4.69, 9.17) is 0 Å². The van der Waals surface area contributed by atoms with Crippen molar-refractivity contribution in [3.63, 3.8) is 0 Å². The lowest BCUT2D eigenvalue weighted by Gasteiger charge is -2.27. The molecule has 0 spiro atoms. The van der Waals surface area contributed by atoms with E-state index in [0.717, 1.165) is 11.1 Å². The van der Waals surface area contributed by atoms with Gasteiger partial charge < -0.3 is 9.88 Å². The van der Waals surface area contributed by atoms with E-state index >= 15 is 0 Å². The van der Waals surface area contributed by atoms with Crippen molar-refractivity contribution in [1.82, 2.24) is 0 Å². The zero-order chi connectivity index (χ0) is 26.7. The molecule has 8 heteroatoms. The van der Waals surface area contributed by atoms with E-state index in [1.54, 1.807) is 60.3 Å². The first-order valence-electron chi connectivity index (χ1n) is 11.5. The molecule has 0 bridgehead atoms. The molecule has 0 aliphatic heterocycles. The summed E-state index contributed by atoms with van der Waals surface area (Å²) in [4.78, 5) is 27.5. The van der Waals surface area contributed by atoms with Gasteiger partial charge in [-0.1, -0.05) is 66.7 Å². The number of anilines is 1. The molecule has 190 valence electrons. The number of amides is 1. The molecule has 0 saturated carbocycles. The summed E-state index contributed by atoms with van der Waals surface area (Å²) in [6.07, 6.45) is 1.95. The van der Waals surface area contributed by atoms with Gasteiger partial charge in [-0.15, -0.1) is 23.5 Å². The molecule has 36 heavy (non-hydrogen) atoms. The maximum absolute atomic E-state index is 14.7. The van der Waals surface area contributed by atoms with E-state index in [1.165, 1.54) is 11.8 Å². The van der Waals surface area contributed by atoms with Crippen molar-refractivity contribution in [2.75, 3.05) is 11.6 Å². The normalized spacial score (nSPS) is 12.8. The van der Waals surface area contributed by atoms with E-state index in [1.807, 2.05) is 59.1 Å². The minimum absolute atomic E-state index is 0.0503. The highest BCUT2D eigenvalue weighted by molar-refractivity contribution is 8.28. The number of hydrogen-bond donors (Lipinski definition) is 2. The van der Waals surface area contributed by atoms with E-state index in [-0.39, 0.29) is 9.82 Å². The predicted molar refractivity (Wildman–Crippen MR) is 161 cm³/mol. The van der Waals surface area contributed by atoms with Gasteiger partial charge in [0.1, 0.15) is 0 Å². The number of thiol groups is 1. The Morgan fingerprint density at radius 2 is 1.42 bits per heavy atom. The first kappa shape index (κ1) is 28.6. The molecular formula is C28H32NO3PS3. The Balaban J connectivity index is 2.13. The van der Waals surface area contributed by atoms with Crippen molar-refractivity contribution >= 4 is 71.0 Å². The summed E-state index contributed by atoms with van der Waals surface area (Å²) in [7, 11) is -3.68. The van der Waals surface area contributed by atoms with Gasteiger partial charge in [0.2, 0.25) is 18.6 Å². The van der Waals surface area contributed by atoms with Gasteiger partial charge in [-0.2, -0.15) is 12.6 Å². The lowest BCUT2D eigenvalue weighted by atomic mass is 9.97. The van der Waals surface area contributed by atoms with Crippen LogP contribution in [0.25, 0.3) is 0 Å². The molecule has 0 aliphatic rings. The number of rotatable bonds is 9. The Morgan fingerprint density at radius 3 is 1.89 bits per heavy atom. The van der Waals surface area contributed by atoms with Gasteiger partial charge in [-0.05, 0) is 57.6 Å². The largest absolute Gasteiger partial charge is 0.324 e. The summed E-state index contributed by atoms with van der Waals surface area (Å²) in [6.45, 7) is 9.28. The molecule has 3 aromatic rings. The van der Waals surface area contributed by atoms with Crippen LogP contribution in [0.15, 0.2) is 66.7 Å². The van der Waals surface area contributed by atoms with E-state index in [0.29, 0.717) is 27.4 Å². The van der Waals surface area contributed by atoms with Gasteiger partial charge in [-0.3, -0.25) is 9.59 Å². The third-order valence-electron chi connectivity index (χ3n) is 6.09. The number of benzene rings is 3. The predicted octanol–water partition coefficient (Wildman–Crippen LogP) is 6.79. The molecule has 0 fully saturated rings. The first-order chi connectivity index (χ1) is 16.9. The second kappa shape index (κ2) is 11.6. The van der Waals surface area contributed by atoms with Crippen LogP contribution < -0.4 is 15.9 Å². The third-order valence-corrected chi connectivity index (χ3v) is 12.1. The number of nitrogens with one attached hydrogen (secondary N) is 1. The number of carbonyl (C=O) groups is 2. The van der Waals surface area contributed by atoms with Crippen molar-refractivity contribution < 1.29 is 14.2 Å². The topological polar surface area (TPSA) is 63.2 Å². The number of thioether (sulfide) groups is 2. The van der Waals surface area contributed by atoms with Crippen LogP contribution in [0.3, 0.4) is 0 Å². The molecule has 0 aromatic heterocycles. The van der Waals surface area contributed by atoms with E-state index < -0.39 is 17.4 Å². The SMILES string of the molecule is CSC(S)SC(C)(C)C(=O)Nc1c(C)cc(C)c(C(=O)P(=O)(c2ccccc2)c2ccccc2)c1C. The number of carbonyl (C=O) groups excluding carboxylic acids is 2. The molecule has 3 aromatic carbocycles. The minimum atomic E-state index is -3.68. The maximum Gasteiger partial charge on any atom is 0.240 e. The van der Waals surface area contributed by atoms with Crippen LogP contribution in [0.4, 0.5) is 5.69 Å². The second-order valence-electron chi connectivity index (χ2n) is 9.10. The van der Waals surface area contributed by atoms with Crippen LogP contribution in [-0.4, -0.2) is 26.3 Å². The lowest BCUT2D eigenvalue weighted by molar-refractivity contribution is -0.117. The molecule has 4 nitrogen and oxygen atoms in total. The summed E-state index contributed by atoms with van der Waals surface area (Å²) in [6, 6.07) is 19.7. The Labute approximate surface area is 228 Å². The van der Waals surface area contributed by atoms with Gasteiger partial charge in [-0.25, -0.2) is 0 Å². The number of aryl methyl sites for hydroxylation is 2. The molecule has 0 aliphatic carbocycles. The summed E-state index contributed by atoms with van der Waals surface area (Å²) in [5.41, 5.74) is 2.72. The van der Waals surface area contributed by atoms with Crippen molar-refractivity contribution in [3.8, 4) is 0 Å². The van der Waals surface area contributed by atoms with Gasteiger partial charge in [0, 0.05) is 21.9 Å². The third kappa shape index (κ3) is 5.80. The van der Waals surface area contributed by atoms with Crippen molar-refractivity contribution in [2.24, 2.45) is 0 Å². The van der Waals surface area contributed by atoms with Gasteiger partial charge in [0.25, 0.3) is 0 Å².